The van der Waals surface area contributed by atoms with E-state index in [4.69, 9.17) is 21.1 Å². The van der Waals surface area contributed by atoms with Gasteiger partial charge in [0, 0.05) is 17.1 Å². The normalized spacial score (nSPS) is 16.8. The third-order valence-electron chi connectivity index (χ3n) is 2.87. The maximum absolute atomic E-state index is 12.0. The molecule has 0 saturated heterocycles. The minimum atomic E-state index is -0.725. The molecule has 0 aliphatic carbocycles. The lowest BCUT2D eigenvalue weighted by Gasteiger charge is -2.35. The van der Waals surface area contributed by atoms with Crippen molar-refractivity contribution in [3.05, 3.63) is 41.4 Å². The summed E-state index contributed by atoms with van der Waals surface area (Å²) in [5.74, 6) is 0.353. The summed E-state index contributed by atoms with van der Waals surface area (Å²) >= 11 is 5.98. The first-order valence-corrected chi connectivity index (χ1v) is 6.76. The smallest absolute Gasteiger partial charge is 0.417 e. The lowest BCUT2D eigenvalue weighted by atomic mass is 10.1. The van der Waals surface area contributed by atoms with Gasteiger partial charge in [-0.2, -0.15) is 0 Å². The first-order valence-electron chi connectivity index (χ1n) is 6.39. The highest BCUT2D eigenvalue weighted by Gasteiger charge is 2.35. The largest absolute Gasteiger partial charge is 0.450 e. The molecule has 1 unspecified atom stereocenters. The van der Waals surface area contributed by atoms with E-state index in [9.17, 15) is 9.59 Å². The van der Waals surface area contributed by atoms with E-state index in [2.05, 4.69) is 11.9 Å². The van der Waals surface area contributed by atoms with Crippen LogP contribution in [-0.4, -0.2) is 30.2 Å². The van der Waals surface area contributed by atoms with Gasteiger partial charge < -0.3 is 9.47 Å². The Morgan fingerprint density at radius 1 is 1.62 bits per heavy atom. The van der Waals surface area contributed by atoms with Crippen LogP contribution >= 0.6 is 11.6 Å². The quantitative estimate of drug-likeness (QED) is 0.868. The van der Waals surface area contributed by atoms with Crippen LogP contribution in [0, 0.1) is 0 Å². The Balaban J connectivity index is 2.38. The number of ether oxygens (including phenoxy) is 2. The minimum Gasteiger partial charge on any atom is -0.450 e. The average molecular weight is 311 g/mol. The molecule has 2 amide bonds. The van der Waals surface area contributed by atoms with Crippen molar-refractivity contribution in [2.24, 2.45) is 0 Å². The second-order valence-electron chi connectivity index (χ2n) is 4.26. The minimum absolute atomic E-state index is 0.210. The van der Waals surface area contributed by atoms with E-state index in [1.54, 1.807) is 25.1 Å². The monoisotopic (exact) mass is 310 g/mol. The molecule has 0 spiro atoms. The molecule has 1 aliphatic heterocycles. The second-order valence-corrected chi connectivity index (χ2v) is 4.69. The van der Waals surface area contributed by atoms with Gasteiger partial charge in [-0.1, -0.05) is 17.7 Å². The van der Waals surface area contributed by atoms with Crippen molar-refractivity contribution in [1.29, 1.82) is 0 Å². The molecule has 0 aromatic heterocycles. The number of halogens is 1. The Morgan fingerprint density at radius 3 is 3.05 bits per heavy atom. The molecule has 2 rings (SSSR count). The molecule has 6 nitrogen and oxygen atoms in total. The van der Waals surface area contributed by atoms with Crippen LogP contribution < -0.4 is 10.1 Å². The standard InChI is InChI=1S/C14H15ClN2O4/c1-3-7-17-12(16-13(18)20-4-2)10-8-9(15)5-6-11(10)21-14(17)19/h3,5-6,8,12H,1,4,7H2,2H3,(H,16,18). The van der Waals surface area contributed by atoms with Gasteiger partial charge in [-0.15, -0.1) is 6.58 Å². The molecule has 0 fully saturated rings. The van der Waals surface area contributed by atoms with Crippen LogP contribution in [0.1, 0.15) is 18.7 Å². The van der Waals surface area contributed by atoms with Crippen molar-refractivity contribution in [1.82, 2.24) is 10.2 Å². The molecule has 0 bridgehead atoms. The molecular weight excluding hydrogens is 296 g/mol. The molecule has 1 heterocycles. The number of hydrogen-bond donors (Lipinski definition) is 1. The molecule has 1 aromatic carbocycles. The number of rotatable bonds is 4. The topological polar surface area (TPSA) is 67.9 Å². The summed E-state index contributed by atoms with van der Waals surface area (Å²) in [6, 6.07) is 4.83. The predicted octanol–water partition coefficient (Wildman–Crippen LogP) is 3.09. The predicted molar refractivity (Wildman–Crippen MR) is 77.3 cm³/mol. The highest BCUT2D eigenvalue weighted by atomic mass is 35.5. The van der Waals surface area contributed by atoms with Crippen LogP contribution in [0.2, 0.25) is 5.02 Å². The highest BCUT2D eigenvalue weighted by molar-refractivity contribution is 6.30. The van der Waals surface area contributed by atoms with Crippen molar-refractivity contribution in [2.45, 2.75) is 13.1 Å². The van der Waals surface area contributed by atoms with Crippen molar-refractivity contribution in [3.8, 4) is 5.75 Å². The molecule has 112 valence electrons. The van der Waals surface area contributed by atoms with E-state index in [1.807, 2.05) is 0 Å². The highest BCUT2D eigenvalue weighted by Crippen LogP contribution is 2.35. The van der Waals surface area contributed by atoms with E-state index in [0.717, 1.165) is 0 Å². The number of fused-ring (bicyclic) bond motifs is 1. The Bertz CT molecular complexity index is 576. The molecule has 1 N–H and O–H groups in total. The fourth-order valence-electron chi connectivity index (χ4n) is 2.01. The zero-order valence-electron chi connectivity index (χ0n) is 11.5. The summed E-state index contributed by atoms with van der Waals surface area (Å²) in [6.45, 7) is 5.73. The lowest BCUT2D eigenvalue weighted by molar-refractivity contribution is 0.0993. The Hall–Kier alpha value is -2.21. The number of benzene rings is 1. The van der Waals surface area contributed by atoms with E-state index in [0.29, 0.717) is 16.3 Å². The van der Waals surface area contributed by atoms with Crippen LogP contribution in [0.15, 0.2) is 30.9 Å². The summed E-state index contributed by atoms with van der Waals surface area (Å²) in [4.78, 5) is 25.0. The van der Waals surface area contributed by atoms with Gasteiger partial charge in [0.05, 0.1) is 6.61 Å². The summed E-state index contributed by atoms with van der Waals surface area (Å²) in [6.07, 6.45) is -0.392. The maximum Gasteiger partial charge on any atom is 0.417 e. The van der Waals surface area contributed by atoms with Gasteiger partial charge in [0.25, 0.3) is 0 Å². The van der Waals surface area contributed by atoms with Crippen LogP contribution in [-0.2, 0) is 4.74 Å². The fourth-order valence-corrected chi connectivity index (χ4v) is 2.19. The van der Waals surface area contributed by atoms with E-state index in [1.165, 1.54) is 11.0 Å². The molecule has 0 saturated carbocycles. The van der Waals surface area contributed by atoms with Gasteiger partial charge in [0.1, 0.15) is 11.9 Å². The van der Waals surface area contributed by atoms with Gasteiger partial charge >= 0.3 is 12.2 Å². The van der Waals surface area contributed by atoms with Crippen molar-refractivity contribution in [3.63, 3.8) is 0 Å². The van der Waals surface area contributed by atoms with E-state index in [-0.39, 0.29) is 13.2 Å². The van der Waals surface area contributed by atoms with E-state index >= 15 is 0 Å². The van der Waals surface area contributed by atoms with Gasteiger partial charge in [0.2, 0.25) is 0 Å². The molecule has 1 aromatic rings. The molecule has 7 heteroatoms. The molecule has 0 radical (unpaired) electrons. The summed E-state index contributed by atoms with van der Waals surface area (Å²) in [5, 5.41) is 3.10. The molecular formula is C14H15ClN2O4. The Morgan fingerprint density at radius 2 is 2.38 bits per heavy atom. The van der Waals surface area contributed by atoms with Gasteiger partial charge in [0.15, 0.2) is 0 Å². The summed E-state index contributed by atoms with van der Waals surface area (Å²) in [5.41, 5.74) is 0.581. The lowest BCUT2D eigenvalue weighted by Crippen LogP contribution is -2.48. The summed E-state index contributed by atoms with van der Waals surface area (Å²) < 4.78 is 10.1. The molecule has 21 heavy (non-hydrogen) atoms. The zero-order chi connectivity index (χ0) is 15.4. The van der Waals surface area contributed by atoms with Crippen molar-refractivity contribution >= 4 is 23.8 Å². The number of nitrogens with zero attached hydrogens (tertiary/aromatic N) is 1. The fraction of sp³-hybridized carbons (Fsp3) is 0.286. The number of nitrogens with one attached hydrogen (secondary N) is 1. The SMILES string of the molecule is C=CCN1C(=O)Oc2ccc(Cl)cc2C1NC(=O)OCC. The van der Waals surface area contributed by atoms with Gasteiger partial charge in [-0.05, 0) is 25.1 Å². The second kappa shape index (κ2) is 6.49. The Kier molecular flexibility index (Phi) is 4.70. The summed E-state index contributed by atoms with van der Waals surface area (Å²) in [7, 11) is 0. The first-order chi connectivity index (χ1) is 10.1. The van der Waals surface area contributed by atoms with Crippen LogP contribution in [0.5, 0.6) is 5.75 Å². The van der Waals surface area contributed by atoms with Crippen molar-refractivity contribution in [2.75, 3.05) is 13.2 Å². The van der Waals surface area contributed by atoms with Gasteiger partial charge in [-0.25, -0.2) is 9.59 Å². The molecule has 1 atom stereocenters. The number of carbonyl (C=O) groups is 2. The van der Waals surface area contributed by atoms with Gasteiger partial charge in [-0.3, -0.25) is 10.2 Å². The number of amides is 2. The number of hydrogen-bond acceptors (Lipinski definition) is 4. The average Bonchev–Trinajstić information content (AvgIpc) is 2.44. The number of alkyl carbamates (subject to hydrolysis) is 1. The zero-order valence-corrected chi connectivity index (χ0v) is 12.2. The van der Waals surface area contributed by atoms with Crippen LogP contribution in [0.4, 0.5) is 9.59 Å². The third-order valence-corrected chi connectivity index (χ3v) is 3.10. The Labute approximate surface area is 127 Å². The van der Waals surface area contributed by atoms with E-state index < -0.39 is 18.4 Å². The number of carbonyl (C=O) groups excluding carboxylic acids is 2. The third kappa shape index (κ3) is 3.28. The first kappa shape index (κ1) is 15.2. The van der Waals surface area contributed by atoms with Crippen LogP contribution in [0.3, 0.4) is 0 Å². The molecule has 1 aliphatic rings. The maximum atomic E-state index is 12.0. The van der Waals surface area contributed by atoms with Crippen molar-refractivity contribution < 1.29 is 19.1 Å². The van der Waals surface area contributed by atoms with Crippen LogP contribution in [0.25, 0.3) is 0 Å².